The number of alkyl halides is 3. The topological polar surface area (TPSA) is 58.6 Å². The lowest BCUT2D eigenvalue weighted by molar-refractivity contribution is -0.274. The second kappa shape index (κ2) is 10.5. The van der Waals surface area contributed by atoms with E-state index in [0.717, 1.165) is 25.7 Å². The zero-order valence-electron chi connectivity index (χ0n) is 20.2. The van der Waals surface area contributed by atoms with E-state index >= 15 is 0 Å². The van der Waals surface area contributed by atoms with Crippen molar-refractivity contribution in [2.24, 2.45) is 5.92 Å². The van der Waals surface area contributed by atoms with E-state index in [-0.39, 0.29) is 24.1 Å². The lowest BCUT2D eigenvalue weighted by Crippen LogP contribution is -2.47. The summed E-state index contributed by atoms with van der Waals surface area (Å²) < 4.78 is 71.7. The summed E-state index contributed by atoms with van der Waals surface area (Å²) in [6.07, 6.45) is -1.15. The molecule has 0 amide bonds. The minimum Gasteiger partial charge on any atom is -0.406 e. The van der Waals surface area contributed by atoms with Crippen LogP contribution in [0.1, 0.15) is 46.6 Å². The number of hydrogen-bond acceptors (Lipinski definition) is 3. The number of halogens is 3. The molecule has 3 aromatic carbocycles. The smallest absolute Gasteiger partial charge is 0.406 e. The van der Waals surface area contributed by atoms with Gasteiger partial charge in [-0.05, 0) is 71.6 Å². The zero-order valence-corrected chi connectivity index (χ0v) is 21.1. The van der Waals surface area contributed by atoms with Gasteiger partial charge in [-0.25, -0.2) is 0 Å². The molecule has 1 N–H and O–H groups in total. The van der Waals surface area contributed by atoms with E-state index in [1.165, 1.54) is 50.8 Å². The van der Waals surface area contributed by atoms with Crippen molar-refractivity contribution in [1.29, 1.82) is 0 Å². The van der Waals surface area contributed by atoms with E-state index in [2.05, 4.69) is 58.0 Å². The Morgan fingerprint density at radius 1 is 0.892 bits per heavy atom. The molecule has 0 radical (unpaired) electrons. The summed E-state index contributed by atoms with van der Waals surface area (Å²) in [6, 6.07) is 22.2. The fourth-order valence-electron chi connectivity index (χ4n) is 5.61. The van der Waals surface area contributed by atoms with Gasteiger partial charge in [0.2, 0.25) is 0 Å². The first kappa shape index (κ1) is 25.8. The fraction of sp³-hybridized carbons (Fsp3) is 0.357. The van der Waals surface area contributed by atoms with Gasteiger partial charge in [0.25, 0.3) is 10.2 Å². The van der Waals surface area contributed by atoms with Crippen LogP contribution >= 0.6 is 0 Å². The van der Waals surface area contributed by atoms with Gasteiger partial charge in [-0.3, -0.25) is 0 Å². The Balaban J connectivity index is 1.32. The van der Waals surface area contributed by atoms with Gasteiger partial charge in [-0.1, -0.05) is 60.7 Å². The van der Waals surface area contributed by atoms with Gasteiger partial charge in [-0.15, -0.1) is 13.2 Å². The molecule has 9 heteroatoms. The van der Waals surface area contributed by atoms with Gasteiger partial charge >= 0.3 is 6.36 Å². The molecule has 2 aliphatic rings. The van der Waals surface area contributed by atoms with Gasteiger partial charge in [-0.2, -0.15) is 17.4 Å². The number of ether oxygens (including phenoxy) is 1. The Morgan fingerprint density at radius 3 is 2.08 bits per heavy atom. The van der Waals surface area contributed by atoms with Crippen LogP contribution in [0.2, 0.25) is 0 Å². The van der Waals surface area contributed by atoms with E-state index < -0.39 is 16.6 Å². The van der Waals surface area contributed by atoms with Crippen LogP contribution in [0.3, 0.4) is 0 Å². The molecule has 1 aliphatic carbocycles. The quantitative estimate of drug-likeness (QED) is 0.454. The third-order valence-electron chi connectivity index (χ3n) is 7.29. The van der Waals surface area contributed by atoms with Gasteiger partial charge in [0.05, 0.1) is 0 Å². The number of rotatable bonds is 6. The highest BCUT2D eigenvalue weighted by Crippen LogP contribution is 2.42. The standard InChI is InChI=1S/C28H29F3N2O3S/c29-28(30,31)36-24-15-11-20(12-16-24)18-32-37(34,35)33-17-5-8-23(19-33)27-25-9-3-1-6-21(25)13-14-22-7-2-4-10-26(22)27/h1-4,6-7,9-12,15-16,23,27,32H,5,8,13-14,17-19H2. The molecule has 1 atom stereocenters. The van der Waals surface area contributed by atoms with Gasteiger partial charge < -0.3 is 4.74 Å². The van der Waals surface area contributed by atoms with Crippen molar-refractivity contribution in [2.75, 3.05) is 13.1 Å². The third-order valence-corrected chi connectivity index (χ3v) is 8.81. The molecule has 5 rings (SSSR count). The van der Waals surface area contributed by atoms with Crippen molar-refractivity contribution >= 4 is 10.2 Å². The van der Waals surface area contributed by atoms with Crippen LogP contribution in [0.5, 0.6) is 5.75 Å². The summed E-state index contributed by atoms with van der Waals surface area (Å²) in [7, 11) is -3.78. The Morgan fingerprint density at radius 2 is 1.49 bits per heavy atom. The van der Waals surface area contributed by atoms with Crippen LogP contribution in [0.15, 0.2) is 72.8 Å². The van der Waals surface area contributed by atoms with Gasteiger partial charge in [0.15, 0.2) is 0 Å². The first-order valence-corrected chi connectivity index (χ1v) is 13.9. The Kier molecular flexibility index (Phi) is 7.29. The van der Waals surface area contributed by atoms with Crippen molar-refractivity contribution in [3.8, 4) is 5.75 Å². The number of fused-ring (bicyclic) bond motifs is 2. The van der Waals surface area contributed by atoms with Crippen LogP contribution in [0, 0.1) is 5.92 Å². The van der Waals surface area contributed by atoms with Crippen molar-refractivity contribution in [1.82, 2.24) is 9.03 Å². The second-order valence-corrected chi connectivity index (χ2v) is 11.4. The lowest BCUT2D eigenvalue weighted by Gasteiger charge is -2.37. The molecule has 1 unspecified atom stereocenters. The predicted molar refractivity (Wildman–Crippen MR) is 135 cm³/mol. The second-order valence-electron chi connectivity index (χ2n) is 9.65. The highest BCUT2D eigenvalue weighted by Gasteiger charge is 2.36. The average molecular weight is 531 g/mol. The van der Waals surface area contributed by atoms with Crippen molar-refractivity contribution in [3.63, 3.8) is 0 Å². The first-order chi connectivity index (χ1) is 17.7. The van der Waals surface area contributed by atoms with Crippen LogP contribution in [0.25, 0.3) is 0 Å². The number of nitrogens with zero attached hydrogens (tertiary/aromatic N) is 1. The molecular formula is C28H29F3N2O3S. The zero-order chi connectivity index (χ0) is 26.0. The first-order valence-electron chi connectivity index (χ1n) is 12.4. The van der Waals surface area contributed by atoms with Gasteiger partial charge in [0, 0.05) is 25.6 Å². The molecule has 0 aromatic heterocycles. The molecule has 1 fully saturated rings. The molecule has 37 heavy (non-hydrogen) atoms. The molecule has 1 aliphatic heterocycles. The van der Waals surface area contributed by atoms with E-state index in [1.54, 1.807) is 0 Å². The molecular weight excluding hydrogens is 501 g/mol. The van der Waals surface area contributed by atoms with Crippen LogP contribution in [-0.4, -0.2) is 32.2 Å². The van der Waals surface area contributed by atoms with Crippen molar-refractivity contribution < 1.29 is 26.3 Å². The Bertz CT molecular complexity index is 1300. The number of hydrogen-bond donors (Lipinski definition) is 1. The SMILES string of the molecule is O=S(=O)(NCc1ccc(OC(F)(F)F)cc1)N1CCCC(C2c3ccccc3CCc3ccccc32)C1. The number of piperidine rings is 1. The Labute approximate surface area is 215 Å². The van der Waals surface area contributed by atoms with Crippen LogP contribution < -0.4 is 9.46 Å². The minimum absolute atomic E-state index is 0.0229. The molecule has 1 saturated heterocycles. The van der Waals surface area contributed by atoms with E-state index in [9.17, 15) is 21.6 Å². The maximum Gasteiger partial charge on any atom is 0.573 e. The summed E-state index contributed by atoms with van der Waals surface area (Å²) in [5.74, 6) is -0.0967. The minimum atomic E-state index is -4.77. The Hall–Kier alpha value is -2.88. The highest BCUT2D eigenvalue weighted by molar-refractivity contribution is 7.87. The van der Waals surface area contributed by atoms with E-state index in [4.69, 9.17) is 0 Å². The molecule has 0 spiro atoms. The summed E-state index contributed by atoms with van der Waals surface area (Å²) in [6.45, 7) is 0.812. The molecule has 5 nitrogen and oxygen atoms in total. The van der Waals surface area contributed by atoms with Crippen molar-refractivity contribution in [3.05, 3.63) is 101 Å². The highest BCUT2D eigenvalue weighted by atomic mass is 32.2. The number of aryl methyl sites for hydroxylation is 2. The van der Waals surface area contributed by atoms with Gasteiger partial charge in [0.1, 0.15) is 5.75 Å². The van der Waals surface area contributed by atoms with E-state index in [1.807, 2.05) is 0 Å². The number of nitrogens with one attached hydrogen (secondary N) is 1. The lowest BCUT2D eigenvalue weighted by atomic mass is 9.76. The summed E-state index contributed by atoms with van der Waals surface area (Å²) in [5, 5.41) is 0. The third kappa shape index (κ3) is 6.00. The summed E-state index contributed by atoms with van der Waals surface area (Å²) >= 11 is 0. The molecule has 3 aromatic rings. The molecule has 196 valence electrons. The largest absolute Gasteiger partial charge is 0.573 e. The molecule has 1 heterocycles. The van der Waals surface area contributed by atoms with Crippen molar-refractivity contribution in [2.45, 2.75) is 44.5 Å². The number of benzene rings is 3. The summed E-state index contributed by atoms with van der Waals surface area (Å²) in [4.78, 5) is 0. The average Bonchev–Trinajstić information content (AvgIpc) is 3.04. The maximum absolute atomic E-state index is 13.2. The van der Waals surface area contributed by atoms with Crippen LogP contribution in [-0.2, 0) is 29.6 Å². The molecule has 0 saturated carbocycles. The molecule has 0 bridgehead atoms. The maximum atomic E-state index is 13.2. The monoisotopic (exact) mass is 530 g/mol. The van der Waals surface area contributed by atoms with Crippen LogP contribution in [0.4, 0.5) is 13.2 Å². The predicted octanol–water partition coefficient (Wildman–Crippen LogP) is 5.56. The van der Waals surface area contributed by atoms with E-state index in [0.29, 0.717) is 18.7 Å². The summed E-state index contributed by atoms with van der Waals surface area (Å²) in [5.41, 5.74) is 5.74. The fourth-order valence-corrected chi connectivity index (χ4v) is 6.90. The normalized spacial score (nSPS) is 19.1.